The number of nitrogens with zero attached hydrogens (tertiary/aromatic N) is 1. The van der Waals surface area contributed by atoms with Crippen LogP contribution in [0.1, 0.15) is 11.1 Å². The predicted octanol–water partition coefficient (Wildman–Crippen LogP) is 1.31. The molecule has 80 valence electrons. The van der Waals surface area contributed by atoms with Gasteiger partial charge < -0.3 is 10.0 Å². The number of carbonyl (C=O) groups excluding carboxylic acids is 1. The summed E-state index contributed by atoms with van der Waals surface area (Å²) >= 11 is 5.53. The molecule has 1 amide bonds. The Bertz CT molecular complexity index is 392. The van der Waals surface area contributed by atoms with Crippen LogP contribution < -0.4 is 4.90 Å². The van der Waals surface area contributed by atoms with E-state index in [0.717, 1.165) is 23.2 Å². The van der Waals surface area contributed by atoms with Crippen LogP contribution in [0.2, 0.25) is 0 Å². The molecule has 0 aliphatic carbocycles. The molecule has 1 N–H and O–H groups in total. The van der Waals surface area contributed by atoms with E-state index in [-0.39, 0.29) is 18.4 Å². The molecule has 15 heavy (non-hydrogen) atoms. The van der Waals surface area contributed by atoms with E-state index in [1.165, 1.54) is 0 Å². The summed E-state index contributed by atoms with van der Waals surface area (Å²) in [6.07, 6.45) is 0.865. The van der Waals surface area contributed by atoms with Crippen LogP contribution in [0.4, 0.5) is 5.69 Å². The van der Waals surface area contributed by atoms with Crippen LogP contribution in [0.5, 0.6) is 0 Å². The number of hydrogen-bond donors (Lipinski definition) is 1. The van der Waals surface area contributed by atoms with Gasteiger partial charge in [-0.1, -0.05) is 12.1 Å². The Morgan fingerprint density at radius 1 is 1.53 bits per heavy atom. The van der Waals surface area contributed by atoms with Gasteiger partial charge in [-0.3, -0.25) is 4.79 Å². The molecule has 3 nitrogen and oxygen atoms in total. The van der Waals surface area contributed by atoms with Gasteiger partial charge >= 0.3 is 0 Å². The van der Waals surface area contributed by atoms with Gasteiger partial charge in [0.05, 0.1) is 6.61 Å². The molecule has 0 bridgehead atoms. The average Bonchev–Trinajstić information content (AvgIpc) is 2.70. The van der Waals surface area contributed by atoms with Gasteiger partial charge in [-0.15, -0.1) is 11.6 Å². The Balaban J connectivity index is 2.35. The normalized spacial score (nSPS) is 14.1. The Morgan fingerprint density at radius 3 is 3.00 bits per heavy atom. The van der Waals surface area contributed by atoms with E-state index in [4.69, 9.17) is 16.7 Å². The number of aliphatic hydroxyl groups is 1. The van der Waals surface area contributed by atoms with E-state index in [1.807, 2.05) is 18.2 Å². The van der Waals surface area contributed by atoms with Crippen molar-refractivity contribution in [1.29, 1.82) is 0 Å². The van der Waals surface area contributed by atoms with Crippen molar-refractivity contribution in [3.8, 4) is 0 Å². The Labute approximate surface area is 93.3 Å². The quantitative estimate of drug-likeness (QED) is 0.771. The Hall–Kier alpha value is -1.06. The summed E-state index contributed by atoms with van der Waals surface area (Å²) in [4.78, 5) is 13.2. The van der Waals surface area contributed by atoms with E-state index >= 15 is 0 Å². The van der Waals surface area contributed by atoms with Crippen LogP contribution >= 0.6 is 11.6 Å². The largest absolute Gasteiger partial charge is 0.392 e. The molecule has 0 saturated heterocycles. The second kappa shape index (κ2) is 4.21. The topological polar surface area (TPSA) is 40.5 Å². The fourth-order valence-corrected chi connectivity index (χ4v) is 2.00. The minimum atomic E-state index is -0.0782. The molecule has 1 aromatic carbocycles. The Kier molecular flexibility index (Phi) is 2.93. The number of fused-ring (bicyclic) bond motifs is 1. The summed E-state index contributed by atoms with van der Waals surface area (Å²) in [5, 5.41) is 9.02. The van der Waals surface area contributed by atoms with E-state index < -0.39 is 0 Å². The summed E-state index contributed by atoms with van der Waals surface area (Å²) < 4.78 is 0. The molecular formula is C11H12ClNO2. The third-order valence-electron chi connectivity index (χ3n) is 2.64. The Morgan fingerprint density at radius 2 is 2.33 bits per heavy atom. The van der Waals surface area contributed by atoms with E-state index in [0.29, 0.717) is 6.54 Å². The van der Waals surface area contributed by atoms with Crippen molar-refractivity contribution < 1.29 is 9.90 Å². The van der Waals surface area contributed by atoms with Gasteiger partial charge in [0.25, 0.3) is 0 Å². The third kappa shape index (κ3) is 1.85. The van der Waals surface area contributed by atoms with Crippen LogP contribution in [0.15, 0.2) is 18.2 Å². The van der Waals surface area contributed by atoms with Crippen LogP contribution in [0.3, 0.4) is 0 Å². The van der Waals surface area contributed by atoms with Crippen LogP contribution in [-0.2, 0) is 17.8 Å². The fourth-order valence-electron chi connectivity index (χ4n) is 1.85. The molecule has 1 aromatic rings. The minimum Gasteiger partial charge on any atom is -0.392 e. The van der Waals surface area contributed by atoms with Gasteiger partial charge in [0.1, 0.15) is 5.88 Å². The number of benzene rings is 1. The zero-order chi connectivity index (χ0) is 10.8. The zero-order valence-electron chi connectivity index (χ0n) is 8.24. The van der Waals surface area contributed by atoms with Gasteiger partial charge in [-0.05, 0) is 23.6 Å². The number of halogens is 1. The smallest absolute Gasteiger partial charge is 0.241 e. The maximum absolute atomic E-state index is 11.5. The lowest BCUT2D eigenvalue weighted by atomic mass is 10.1. The molecule has 1 aliphatic rings. The SMILES string of the molecule is O=C(CCl)N1CCc2ccc(CO)cc21. The van der Waals surface area contributed by atoms with Crippen molar-refractivity contribution in [3.05, 3.63) is 29.3 Å². The first-order chi connectivity index (χ1) is 7.26. The highest BCUT2D eigenvalue weighted by molar-refractivity contribution is 6.29. The predicted molar refractivity (Wildman–Crippen MR) is 59.1 cm³/mol. The van der Waals surface area contributed by atoms with Crippen molar-refractivity contribution in [3.63, 3.8) is 0 Å². The average molecular weight is 226 g/mol. The second-order valence-corrected chi connectivity index (χ2v) is 3.82. The van der Waals surface area contributed by atoms with Crippen molar-refractivity contribution in [1.82, 2.24) is 0 Å². The van der Waals surface area contributed by atoms with Gasteiger partial charge in [0.2, 0.25) is 5.91 Å². The molecule has 0 atom stereocenters. The summed E-state index contributed by atoms with van der Waals surface area (Å²) in [7, 11) is 0. The molecule has 0 aromatic heterocycles. The molecule has 1 heterocycles. The molecule has 1 aliphatic heterocycles. The van der Waals surface area contributed by atoms with Crippen molar-refractivity contribution in [2.75, 3.05) is 17.3 Å². The lowest BCUT2D eigenvalue weighted by molar-refractivity contribution is -0.116. The van der Waals surface area contributed by atoms with E-state index in [2.05, 4.69) is 0 Å². The number of rotatable bonds is 2. The van der Waals surface area contributed by atoms with Crippen molar-refractivity contribution >= 4 is 23.2 Å². The van der Waals surface area contributed by atoms with Gasteiger partial charge in [-0.2, -0.15) is 0 Å². The summed E-state index contributed by atoms with van der Waals surface area (Å²) in [5.41, 5.74) is 2.86. The molecule has 0 fully saturated rings. The number of hydrogen-bond acceptors (Lipinski definition) is 2. The molecule has 4 heteroatoms. The molecule has 2 rings (SSSR count). The third-order valence-corrected chi connectivity index (χ3v) is 2.87. The minimum absolute atomic E-state index is 0.00277. The molecule has 0 spiro atoms. The first-order valence-electron chi connectivity index (χ1n) is 4.85. The van der Waals surface area contributed by atoms with Gasteiger partial charge in [-0.25, -0.2) is 0 Å². The zero-order valence-corrected chi connectivity index (χ0v) is 9.00. The van der Waals surface area contributed by atoms with Crippen molar-refractivity contribution in [2.45, 2.75) is 13.0 Å². The highest BCUT2D eigenvalue weighted by atomic mass is 35.5. The van der Waals surface area contributed by atoms with E-state index in [1.54, 1.807) is 4.90 Å². The fraction of sp³-hybridized carbons (Fsp3) is 0.364. The molecular weight excluding hydrogens is 214 g/mol. The van der Waals surface area contributed by atoms with Crippen LogP contribution in [-0.4, -0.2) is 23.4 Å². The van der Waals surface area contributed by atoms with Gasteiger partial charge in [0.15, 0.2) is 0 Å². The highest BCUT2D eigenvalue weighted by Gasteiger charge is 2.23. The monoisotopic (exact) mass is 225 g/mol. The van der Waals surface area contributed by atoms with Gasteiger partial charge in [0, 0.05) is 12.2 Å². The number of anilines is 1. The number of aliphatic hydroxyl groups excluding tert-OH is 1. The highest BCUT2D eigenvalue weighted by Crippen LogP contribution is 2.29. The van der Waals surface area contributed by atoms with Crippen LogP contribution in [0, 0.1) is 0 Å². The first kappa shape index (κ1) is 10.5. The standard InChI is InChI=1S/C11H12ClNO2/c12-6-11(15)13-4-3-9-2-1-8(7-14)5-10(9)13/h1-2,5,14H,3-4,6-7H2. The molecule has 0 radical (unpaired) electrons. The van der Waals surface area contributed by atoms with Crippen molar-refractivity contribution in [2.24, 2.45) is 0 Å². The first-order valence-corrected chi connectivity index (χ1v) is 5.38. The summed E-state index contributed by atoms with van der Waals surface area (Å²) in [6.45, 7) is 0.686. The maximum Gasteiger partial charge on any atom is 0.241 e. The van der Waals surface area contributed by atoms with E-state index in [9.17, 15) is 4.79 Å². The second-order valence-electron chi connectivity index (χ2n) is 3.55. The molecule has 0 saturated carbocycles. The maximum atomic E-state index is 11.5. The number of alkyl halides is 1. The molecule has 0 unspecified atom stereocenters. The number of amides is 1. The number of carbonyl (C=O) groups is 1. The lowest BCUT2D eigenvalue weighted by Gasteiger charge is -2.16. The summed E-state index contributed by atoms with van der Waals surface area (Å²) in [6, 6.07) is 5.70. The summed E-state index contributed by atoms with van der Waals surface area (Å²) in [5.74, 6) is -0.0755. The lowest BCUT2D eigenvalue weighted by Crippen LogP contribution is -2.29. The van der Waals surface area contributed by atoms with Crippen LogP contribution in [0.25, 0.3) is 0 Å².